The predicted molar refractivity (Wildman–Crippen MR) is 48.0 cm³/mol. The minimum Gasteiger partial charge on any atom is -0.481 e. The normalized spacial score (nSPS) is 9.62. The summed E-state index contributed by atoms with van der Waals surface area (Å²) in [6.07, 6.45) is -0.500. The Labute approximate surface area is 79.9 Å². The van der Waals surface area contributed by atoms with E-state index in [0.717, 1.165) is 0 Å². The molecule has 0 saturated carbocycles. The number of Topliss-reactive ketones (excluding diaryl/α,β-unsaturated/α-hetero) is 1. The van der Waals surface area contributed by atoms with Crippen LogP contribution >= 0.6 is 11.6 Å². The van der Waals surface area contributed by atoms with Gasteiger partial charge in [-0.1, -0.05) is 23.7 Å². The summed E-state index contributed by atoms with van der Waals surface area (Å²) in [7, 11) is 0. The third-order valence-electron chi connectivity index (χ3n) is 1.46. The van der Waals surface area contributed by atoms with E-state index in [9.17, 15) is 9.59 Å². The standard InChI is InChI=1S/C9H7ClO3/c10-7-3-1-2-6(4-7)8(11)5-9(12)13/h1-4H,5H2,(H,12,13). The average Bonchev–Trinajstić information content (AvgIpc) is 2.03. The molecule has 4 heteroatoms. The number of hydrogen-bond donors (Lipinski definition) is 1. The summed E-state index contributed by atoms with van der Waals surface area (Å²) >= 11 is 5.63. The Morgan fingerprint density at radius 1 is 1.38 bits per heavy atom. The molecule has 0 amide bonds. The number of carboxylic acid groups (broad SMARTS) is 1. The predicted octanol–water partition coefficient (Wildman–Crippen LogP) is 2.00. The summed E-state index contributed by atoms with van der Waals surface area (Å²) in [5.41, 5.74) is 0.329. The van der Waals surface area contributed by atoms with Gasteiger partial charge in [0.2, 0.25) is 0 Å². The minimum absolute atomic E-state index is 0.329. The molecule has 0 radical (unpaired) electrons. The lowest BCUT2D eigenvalue weighted by molar-refractivity contribution is -0.135. The topological polar surface area (TPSA) is 54.4 Å². The number of carbonyl (C=O) groups excluding carboxylic acids is 1. The van der Waals surface area contributed by atoms with E-state index in [1.165, 1.54) is 12.1 Å². The maximum Gasteiger partial charge on any atom is 0.311 e. The summed E-state index contributed by atoms with van der Waals surface area (Å²) < 4.78 is 0. The molecular formula is C9H7ClO3. The SMILES string of the molecule is O=C(O)CC(=O)c1cccc(Cl)c1. The van der Waals surface area contributed by atoms with Crippen LogP contribution in [0.25, 0.3) is 0 Å². The highest BCUT2D eigenvalue weighted by Gasteiger charge is 2.10. The highest BCUT2D eigenvalue weighted by Crippen LogP contribution is 2.12. The van der Waals surface area contributed by atoms with E-state index in [2.05, 4.69) is 0 Å². The van der Waals surface area contributed by atoms with Gasteiger partial charge in [0.05, 0.1) is 0 Å². The molecule has 0 saturated heterocycles. The van der Waals surface area contributed by atoms with Gasteiger partial charge in [-0.05, 0) is 12.1 Å². The van der Waals surface area contributed by atoms with Crippen molar-refractivity contribution in [2.45, 2.75) is 6.42 Å². The van der Waals surface area contributed by atoms with E-state index in [1.54, 1.807) is 12.1 Å². The molecule has 0 unspecified atom stereocenters. The molecule has 1 N–H and O–H groups in total. The zero-order valence-corrected chi connectivity index (χ0v) is 7.41. The van der Waals surface area contributed by atoms with Gasteiger partial charge >= 0.3 is 5.97 Å². The lowest BCUT2D eigenvalue weighted by Gasteiger charge is -1.97. The summed E-state index contributed by atoms with van der Waals surface area (Å²) in [4.78, 5) is 21.4. The van der Waals surface area contributed by atoms with Crippen LogP contribution in [0.5, 0.6) is 0 Å². The number of carbonyl (C=O) groups is 2. The number of aliphatic carboxylic acids is 1. The zero-order valence-electron chi connectivity index (χ0n) is 6.66. The van der Waals surface area contributed by atoms with Gasteiger partial charge in [0.25, 0.3) is 0 Å². The fraction of sp³-hybridized carbons (Fsp3) is 0.111. The van der Waals surface area contributed by atoms with E-state index in [1.807, 2.05) is 0 Å². The van der Waals surface area contributed by atoms with Crippen molar-refractivity contribution in [3.63, 3.8) is 0 Å². The lowest BCUT2D eigenvalue weighted by Crippen LogP contribution is -2.06. The van der Waals surface area contributed by atoms with Crippen LogP contribution in [0, 0.1) is 0 Å². The second-order valence-corrected chi connectivity index (χ2v) is 2.94. The second-order valence-electron chi connectivity index (χ2n) is 2.50. The minimum atomic E-state index is -1.13. The van der Waals surface area contributed by atoms with Gasteiger partial charge in [0.15, 0.2) is 5.78 Å². The molecule has 13 heavy (non-hydrogen) atoms. The Hall–Kier alpha value is -1.35. The van der Waals surface area contributed by atoms with Gasteiger partial charge in [0, 0.05) is 10.6 Å². The van der Waals surface area contributed by atoms with Gasteiger partial charge in [-0.25, -0.2) is 0 Å². The Kier molecular flexibility index (Phi) is 3.03. The first-order valence-electron chi connectivity index (χ1n) is 3.60. The van der Waals surface area contributed by atoms with E-state index >= 15 is 0 Å². The van der Waals surface area contributed by atoms with Crippen molar-refractivity contribution in [1.29, 1.82) is 0 Å². The Balaban J connectivity index is 2.83. The van der Waals surface area contributed by atoms with Gasteiger partial charge in [-0.15, -0.1) is 0 Å². The lowest BCUT2D eigenvalue weighted by atomic mass is 10.1. The number of rotatable bonds is 3. The first-order chi connectivity index (χ1) is 6.09. The van der Waals surface area contributed by atoms with Crippen LogP contribution in [-0.4, -0.2) is 16.9 Å². The Bertz CT molecular complexity index is 346. The number of hydrogen-bond acceptors (Lipinski definition) is 2. The molecule has 1 rings (SSSR count). The smallest absolute Gasteiger partial charge is 0.311 e. The molecule has 0 aliphatic heterocycles. The quantitative estimate of drug-likeness (QED) is 0.597. The number of carboxylic acids is 1. The van der Waals surface area contributed by atoms with Crippen LogP contribution in [-0.2, 0) is 4.79 Å². The van der Waals surface area contributed by atoms with E-state index in [0.29, 0.717) is 10.6 Å². The monoisotopic (exact) mass is 198 g/mol. The maximum atomic E-state index is 11.2. The number of ketones is 1. The van der Waals surface area contributed by atoms with E-state index in [-0.39, 0.29) is 0 Å². The molecule has 0 aromatic heterocycles. The highest BCUT2D eigenvalue weighted by molar-refractivity contribution is 6.31. The summed E-state index contributed by atoms with van der Waals surface area (Å²) in [6.45, 7) is 0. The molecule has 1 aromatic rings. The van der Waals surface area contributed by atoms with Crippen molar-refractivity contribution in [3.05, 3.63) is 34.9 Å². The molecule has 1 aromatic carbocycles. The first-order valence-corrected chi connectivity index (χ1v) is 3.98. The molecule has 0 aliphatic carbocycles. The molecule has 0 bridgehead atoms. The van der Waals surface area contributed by atoms with Crippen LogP contribution in [0.4, 0.5) is 0 Å². The van der Waals surface area contributed by atoms with Crippen molar-refractivity contribution in [3.8, 4) is 0 Å². The van der Waals surface area contributed by atoms with Crippen LogP contribution in [0.1, 0.15) is 16.8 Å². The van der Waals surface area contributed by atoms with Crippen molar-refractivity contribution in [2.75, 3.05) is 0 Å². The Morgan fingerprint density at radius 3 is 2.62 bits per heavy atom. The maximum absolute atomic E-state index is 11.2. The van der Waals surface area contributed by atoms with Crippen molar-refractivity contribution >= 4 is 23.4 Å². The van der Waals surface area contributed by atoms with Crippen LogP contribution in [0.3, 0.4) is 0 Å². The number of benzene rings is 1. The summed E-state index contributed by atoms with van der Waals surface area (Å²) in [5.74, 6) is -1.57. The number of halogens is 1. The fourth-order valence-electron chi connectivity index (χ4n) is 0.901. The first kappa shape index (κ1) is 9.74. The Morgan fingerprint density at radius 2 is 2.08 bits per heavy atom. The van der Waals surface area contributed by atoms with Crippen LogP contribution in [0.15, 0.2) is 24.3 Å². The summed E-state index contributed by atoms with van der Waals surface area (Å²) in [5, 5.41) is 8.79. The van der Waals surface area contributed by atoms with E-state index in [4.69, 9.17) is 16.7 Å². The average molecular weight is 199 g/mol. The van der Waals surface area contributed by atoms with Crippen LogP contribution in [0.2, 0.25) is 5.02 Å². The molecule has 0 spiro atoms. The summed E-state index contributed by atoms with van der Waals surface area (Å²) in [6, 6.07) is 6.22. The van der Waals surface area contributed by atoms with Crippen LogP contribution < -0.4 is 0 Å². The van der Waals surface area contributed by atoms with Crippen molar-refractivity contribution < 1.29 is 14.7 Å². The largest absolute Gasteiger partial charge is 0.481 e. The third kappa shape index (κ3) is 2.87. The molecule has 0 atom stereocenters. The van der Waals surface area contributed by atoms with Crippen molar-refractivity contribution in [1.82, 2.24) is 0 Å². The van der Waals surface area contributed by atoms with E-state index < -0.39 is 18.2 Å². The van der Waals surface area contributed by atoms with Gasteiger partial charge in [0.1, 0.15) is 6.42 Å². The molecular weight excluding hydrogens is 192 g/mol. The highest BCUT2D eigenvalue weighted by atomic mass is 35.5. The molecule has 0 aliphatic rings. The fourth-order valence-corrected chi connectivity index (χ4v) is 1.09. The molecule has 0 fully saturated rings. The van der Waals surface area contributed by atoms with Crippen molar-refractivity contribution in [2.24, 2.45) is 0 Å². The van der Waals surface area contributed by atoms with Gasteiger partial charge in [-0.3, -0.25) is 9.59 Å². The molecule has 68 valence electrons. The zero-order chi connectivity index (χ0) is 9.84. The molecule has 3 nitrogen and oxygen atoms in total. The van der Waals surface area contributed by atoms with Gasteiger partial charge in [-0.2, -0.15) is 0 Å². The third-order valence-corrected chi connectivity index (χ3v) is 1.69. The molecule has 0 heterocycles. The van der Waals surface area contributed by atoms with Gasteiger partial charge < -0.3 is 5.11 Å². The second kappa shape index (κ2) is 4.05.